The van der Waals surface area contributed by atoms with Crippen LogP contribution in [0.25, 0.3) is 0 Å². The molecule has 0 bridgehead atoms. The highest BCUT2D eigenvalue weighted by Crippen LogP contribution is 2.28. The molecule has 0 radical (unpaired) electrons. The third-order valence-electron chi connectivity index (χ3n) is 3.14. The lowest BCUT2D eigenvalue weighted by Crippen LogP contribution is -2.23. The number of halogens is 2. The molecule has 1 aromatic carbocycles. The number of rotatable bonds is 6. The molecule has 108 valence electrons. The van der Waals surface area contributed by atoms with Crippen LogP contribution in [-0.2, 0) is 6.42 Å². The maximum atomic E-state index is 6.19. The number of benzene rings is 1. The van der Waals surface area contributed by atoms with Crippen molar-refractivity contribution in [1.29, 1.82) is 0 Å². The molecule has 0 spiro atoms. The molecule has 0 aliphatic rings. The van der Waals surface area contributed by atoms with Gasteiger partial charge in [-0.2, -0.15) is 0 Å². The zero-order valence-electron chi connectivity index (χ0n) is 11.7. The lowest BCUT2D eigenvalue weighted by atomic mass is 10.0. The first-order valence-electron chi connectivity index (χ1n) is 6.83. The first kappa shape index (κ1) is 15.8. The molecule has 2 rings (SSSR count). The molecule has 0 aliphatic heterocycles. The Morgan fingerprint density at radius 2 is 2.00 bits per heavy atom. The van der Waals surface area contributed by atoms with E-state index in [-0.39, 0.29) is 6.04 Å². The summed E-state index contributed by atoms with van der Waals surface area (Å²) < 4.78 is 0.844. The maximum absolute atomic E-state index is 6.19. The van der Waals surface area contributed by atoms with Crippen molar-refractivity contribution in [2.75, 3.05) is 6.54 Å². The monoisotopic (exact) mass is 327 g/mol. The molecule has 0 aliphatic carbocycles. The van der Waals surface area contributed by atoms with Gasteiger partial charge >= 0.3 is 0 Å². The van der Waals surface area contributed by atoms with Crippen LogP contribution >= 0.6 is 34.5 Å². The van der Waals surface area contributed by atoms with Gasteiger partial charge in [0, 0.05) is 22.4 Å². The van der Waals surface area contributed by atoms with Crippen LogP contribution in [0.3, 0.4) is 0 Å². The Kier molecular flexibility index (Phi) is 5.91. The minimum Gasteiger partial charge on any atom is -0.310 e. The molecule has 1 nitrogen and oxygen atoms in total. The van der Waals surface area contributed by atoms with E-state index in [0.717, 1.165) is 28.7 Å². The highest BCUT2D eigenvalue weighted by Gasteiger charge is 2.14. The summed E-state index contributed by atoms with van der Waals surface area (Å²) in [6.45, 7) is 5.25. The lowest BCUT2D eigenvalue weighted by Gasteiger charge is -2.19. The first-order valence-corrected chi connectivity index (χ1v) is 8.40. The Bertz CT molecular complexity index is 545. The highest BCUT2D eigenvalue weighted by molar-refractivity contribution is 7.16. The van der Waals surface area contributed by atoms with Crippen molar-refractivity contribution >= 4 is 34.5 Å². The van der Waals surface area contributed by atoms with Gasteiger partial charge in [0.1, 0.15) is 0 Å². The Morgan fingerprint density at radius 1 is 1.20 bits per heavy atom. The standard InChI is InChI=1S/C16H19Cl2NS/c1-3-6-19-15(10-14-4-5-16(18)20-14)12-7-11(2)8-13(17)9-12/h4-5,7-9,15,19H,3,6,10H2,1-2H3. The van der Waals surface area contributed by atoms with Crippen molar-refractivity contribution in [2.45, 2.75) is 32.7 Å². The minimum atomic E-state index is 0.280. The Morgan fingerprint density at radius 3 is 2.60 bits per heavy atom. The summed E-state index contributed by atoms with van der Waals surface area (Å²) >= 11 is 13.9. The van der Waals surface area contributed by atoms with Crippen LogP contribution in [0.4, 0.5) is 0 Å². The number of thiophene rings is 1. The van der Waals surface area contributed by atoms with Crippen molar-refractivity contribution in [3.63, 3.8) is 0 Å². The largest absolute Gasteiger partial charge is 0.310 e. The lowest BCUT2D eigenvalue weighted by molar-refractivity contribution is 0.532. The van der Waals surface area contributed by atoms with Crippen LogP contribution in [0.15, 0.2) is 30.3 Å². The molecule has 4 heteroatoms. The smallest absolute Gasteiger partial charge is 0.0931 e. The highest BCUT2D eigenvalue weighted by atomic mass is 35.5. The number of nitrogens with one attached hydrogen (secondary N) is 1. The molecule has 0 fully saturated rings. The first-order chi connectivity index (χ1) is 9.58. The normalized spacial score (nSPS) is 12.6. The van der Waals surface area contributed by atoms with Crippen molar-refractivity contribution < 1.29 is 0 Å². The molecule has 0 saturated heterocycles. The van der Waals surface area contributed by atoms with Gasteiger partial charge in [-0.1, -0.05) is 36.2 Å². The second kappa shape index (κ2) is 7.46. The SMILES string of the molecule is CCCNC(Cc1ccc(Cl)s1)c1cc(C)cc(Cl)c1. The molecular weight excluding hydrogens is 309 g/mol. The maximum Gasteiger partial charge on any atom is 0.0931 e. The van der Waals surface area contributed by atoms with Crippen molar-refractivity contribution in [3.8, 4) is 0 Å². The molecular formula is C16H19Cl2NS. The van der Waals surface area contributed by atoms with E-state index in [1.807, 2.05) is 12.1 Å². The predicted molar refractivity (Wildman–Crippen MR) is 90.3 cm³/mol. The van der Waals surface area contributed by atoms with Gasteiger partial charge in [0.25, 0.3) is 0 Å². The number of hydrogen-bond donors (Lipinski definition) is 1. The fourth-order valence-corrected chi connectivity index (χ4v) is 3.69. The van der Waals surface area contributed by atoms with E-state index in [2.05, 4.69) is 37.4 Å². The van der Waals surface area contributed by atoms with Crippen LogP contribution < -0.4 is 5.32 Å². The second-order valence-corrected chi connectivity index (χ2v) is 7.21. The summed E-state index contributed by atoms with van der Waals surface area (Å²) in [6, 6.07) is 10.6. The van der Waals surface area contributed by atoms with Crippen LogP contribution in [-0.4, -0.2) is 6.54 Å². The Hall–Kier alpha value is -0.540. The Balaban J connectivity index is 2.21. The molecule has 20 heavy (non-hydrogen) atoms. The minimum absolute atomic E-state index is 0.280. The van der Waals surface area contributed by atoms with Gasteiger partial charge in [-0.25, -0.2) is 0 Å². The van der Waals surface area contributed by atoms with Gasteiger partial charge in [-0.05, 0) is 55.3 Å². The third-order valence-corrected chi connectivity index (χ3v) is 4.61. The number of aryl methyl sites for hydroxylation is 1. The Labute approximate surface area is 134 Å². The van der Waals surface area contributed by atoms with Crippen molar-refractivity contribution in [1.82, 2.24) is 5.32 Å². The fourth-order valence-electron chi connectivity index (χ4n) is 2.25. The van der Waals surface area contributed by atoms with Gasteiger partial charge in [0.15, 0.2) is 0 Å². The van der Waals surface area contributed by atoms with Gasteiger partial charge < -0.3 is 5.32 Å². The van der Waals surface area contributed by atoms with E-state index in [4.69, 9.17) is 23.2 Å². The quantitative estimate of drug-likeness (QED) is 0.723. The van der Waals surface area contributed by atoms with E-state index in [0.29, 0.717) is 0 Å². The molecule has 1 N–H and O–H groups in total. The van der Waals surface area contributed by atoms with Crippen LogP contribution in [0, 0.1) is 6.92 Å². The van der Waals surface area contributed by atoms with Crippen LogP contribution in [0.1, 0.15) is 35.4 Å². The van der Waals surface area contributed by atoms with E-state index in [9.17, 15) is 0 Å². The summed E-state index contributed by atoms with van der Waals surface area (Å²) in [5, 5.41) is 4.40. The molecule has 1 aromatic heterocycles. The van der Waals surface area contributed by atoms with Gasteiger partial charge in [-0.15, -0.1) is 11.3 Å². The third kappa shape index (κ3) is 4.49. The molecule has 0 amide bonds. The predicted octanol–water partition coefficient (Wildman–Crippen LogP) is 5.65. The summed E-state index contributed by atoms with van der Waals surface area (Å²) in [6.07, 6.45) is 2.05. The summed E-state index contributed by atoms with van der Waals surface area (Å²) in [4.78, 5) is 1.29. The fraction of sp³-hybridized carbons (Fsp3) is 0.375. The zero-order valence-corrected chi connectivity index (χ0v) is 14.1. The number of hydrogen-bond acceptors (Lipinski definition) is 2. The molecule has 1 atom stereocenters. The van der Waals surface area contributed by atoms with E-state index in [1.54, 1.807) is 11.3 Å². The average Bonchev–Trinajstić information content (AvgIpc) is 2.79. The molecule has 0 saturated carbocycles. The summed E-state index contributed by atoms with van der Waals surface area (Å²) in [5.41, 5.74) is 2.44. The molecule has 2 aromatic rings. The van der Waals surface area contributed by atoms with Gasteiger partial charge in [-0.3, -0.25) is 0 Å². The van der Waals surface area contributed by atoms with E-state index in [1.165, 1.54) is 16.0 Å². The molecule has 1 heterocycles. The summed E-state index contributed by atoms with van der Waals surface area (Å²) in [5.74, 6) is 0. The van der Waals surface area contributed by atoms with Gasteiger partial charge in [0.2, 0.25) is 0 Å². The van der Waals surface area contributed by atoms with Crippen molar-refractivity contribution in [3.05, 3.63) is 55.7 Å². The average molecular weight is 328 g/mol. The van der Waals surface area contributed by atoms with E-state index >= 15 is 0 Å². The van der Waals surface area contributed by atoms with Gasteiger partial charge in [0.05, 0.1) is 4.34 Å². The van der Waals surface area contributed by atoms with Crippen LogP contribution in [0.5, 0.6) is 0 Å². The van der Waals surface area contributed by atoms with Crippen LogP contribution in [0.2, 0.25) is 9.36 Å². The molecule has 1 unspecified atom stereocenters. The zero-order chi connectivity index (χ0) is 14.5. The topological polar surface area (TPSA) is 12.0 Å². The van der Waals surface area contributed by atoms with E-state index < -0.39 is 0 Å². The van der Waals surface area contributed by atoms with Crippen molar-refractivity contribution in [2.24, 2.45) is 0 Å². The summed E-state index contributed by atoms with van der Waals surface area (Å²) in [7, 11) is 0. The second-order valence-electron chi connectivity index (χ2n) is 4.98.